The first-order valence-corrected chi connectivity index (χ1v) is 11.9. The van der Waals surface area contributed by atoms with Gasteiger partial charge in [0.05, 0.1) is 0 Å². The Morgan fingerprint density at radius 1 is 0.963 bits per heavy atom. The number of amides is 1. The maximum absolute atomic E-state index is 12.6. The first-order chi connectivity index (χ1) is 13.3. The number of rotatable bonds is 15. The first kappa shape index (κ1) is 22.5. The fourth-order valence-corrected chi connectivity index (χ4v) is 5.07. The molecule has 1 amide bonds. The molecule has 0 aliphatic carbocycles. The largest absolute Gasteiger partial charge is 0.353 e. The van der Waals surface area contributed by atoms with Gasteiger partial charge in [-0.05, 0) is 44.4 Å². The maximum Gasteiger partial charge on any atom is 0.240 e. The number of unbranched alkanes of at least 4 members (excludes halogenated alkanes) is 9. The fourth-order valence-electron chi connectivity index (χ4n) is 5.07. The third-order valence-corrected chi connectivity index (χ3v) is 6.87. The topological polar surface area (TPSA) is 32.3 Å². The molecule has 2 aliphatic rings. The molecule has 0 aromatic rings. The van der Waals surface area contributed by atoms with Crippen molar-refractivity contribution < 1.29 is 4.79 Å². The molecule has 2 saturated heterocycles. The monoisotopic (exact) mass is 376 g/mol. The van der Waals surface area contributed by atoms with E-state index >= 15 is 0 Å². The van der Waals surface area contributed by atoms with Crippen LogP contribution in [-0.2, 0) is 4.79 Å². The molecular weight excluding hydrogens is 332 g/mol. The Labute approximate surface area is 168 Å². The van der Waals surface area contributed by atoms with Crippen molar-refractivity contribution in [3.8, 4) is 0 Å². The van der Waals surface area contributed by atoms with Gasteiger partial charge in [0.25, 0.3) is 0 Å². The lowest BCUT2D eigenvalue weighted by atomic mass is 9.69. The molecule has 27 heavy (non-hydrogen) atoms. The molecule has 1 N–H and O–H groups in total. The van der Waals surface area contributed by atoms with Crippen LogP contribution in [0.25, 0.3) is 0 Å². The number of allylic oxidation sites excluding steroid dienone is 2. The third-order valence-electron chi connectivity index (χ3n) is 6.87. The van der Waals surface area contributed by atoms with E-state index < -0.39 is 0 Å². The minimum absolute atomic E-state index is 0.149. The summed E-state index contributed by atoms with van der Waals surface area (Å²) in [6.45, 7) is 7.55. The van der Waals surface area contributed by atoms with E-state index in [0.29, 0.717) is 11.8 Å². The van der Waals surface area contributed by atoms with Crippen molar-refractivity contribution in [1.82, 2.24) is 10.2 Å². The van der Waals surface area contributed by atoms with Gasteiger partial charge in [-0.3, -0.25) is 9.69 Å². The normalized spacial score (nSPS) is 23.9. The number of carbonyl (C=O) groups is 1. The highest BCUT2D eigenvalue weighted by Crippen LogP contribution is 2.42. The molecular formula is C24H44N2O. The standard InChI is InChI=1S/C24H44N2O/c1-3-5-6-7-8-9-10-11-12-13-14-15-16-17-22(4-2)24-18-20-26(24)21-19-25-23(24)27/h11-12,22H,3-10,13-21H2,1-2H3,(H,25,27)/b12-11-. The molecule has 3 heteroatoms. The molecule has 0 saturated carbocycles. The zero-order valence-corrected chi connectivity index (χ0v) is 18.1. The second-order valence-corrected chi connectivity index (χ2v) is 8.69. The van der Waals surface area contributed by atoms with Crippen LogP contribution in [0.5, 0.6) is 0 Å². The summed E-state index contributed by atoms with van der Waals surface area (Å²) in [4.78, 5) is 15.0. The van der Waals surface area contributed by atoms with Gasteiger partial charge < -0.3 is 5.32 Å². The molecule has 0 aromatic heterocycles. The number of carbonyl (C=O) groups excluding carboxylic acids is 1. The summed E-state index contributed by atoms with van der Waals surface area (Å²) in [5, 5.41) is 3.13. The van der Waals surface area contributed by atoms with E-state index in [4.69, 9.17) is 0 Å². The summed E-state index contributed by atoms with van der Waals surface area (Å²) in [6.07, 6.45) is 22.9. The van der Waals surface area contributed by atoms with Crippen molar-refractivity contribution in [2.24, 2.45) is 5.92 Å². The van der Waals surface area contributed by atoms with Crippen LogP contribution in [0.15, 0.2) is 12.2 Å². The molecule has 2 heterocycles. The highest BCUT2D eigenvalue weighted by atomic mass is 16.2. The Morgan fingerprint density at radius 2 is 1.63 bits per heavy atom. The molecule has 0 spiro atoms. The van der Waals surface area contributed by atoms with Crippen molar-refractivity contribution in [3.05, 3.63) is 12.2 Å². The molecule has 2 atom stereocenters. The van der Waals surface area contributed by atoms with E-state index in [0.717, 1.165) is 32.5 Å². The molecule has 156 valence electrons. The summed E-state index contributed by atoms with van der Waals surface area (Å²) >= 11 is 0. The summed E-state index contributed by atoms with van der Waals surface area (Å²) in [5.41, 5.74) is -0.149. The summed E-state index contributed by atoms with van der Waals surface area (Å²) < 4.78 is 0. The second kappa shape index (κ2) is 12.6. The van der Waals surface area contributed by atoms with E-state index in [1.807, 2.05) is 0 Å². The zero-order valence-electron chi connectivity index (χ0n) is 18.1. The van der Waals surface area contributed by atoms with Crippen LogP contribution in [0, 0.1) is 5.92 Å². The molecule has 2 fully saturated rings. The summed E-state index contributed by atoms with van der Waals surface area (Å²) in [7, 11) is 0. The predicted molar refractivity (Wildman–Crippen MR) is 116 cm³/mol. The van der Waals surface area contributed by atoms with Crippen molar-refractivity contribution >= 4 is 5.91 Å². The van der Waals surface area contributed by atoms with E-state index in [-0.39, 0.29) is 5.54 Å². The molecule has 0 bridgehead atoms. The minimum Gasteiger partial charge on any atom is -0.353 e. The van der Waals surface area contributed by atoms with Gasteiger partial charge in [-0.2, -0.15) is 0 Å². The Kier molecular flexibility index (Phi) is 10.5. The SMILES string of the molecule is CCCCCCCC/C=C\CCCCCC(CC)C12CCN1CCNC2=O. The average Bonchev–Trinajstić information content (AvgIpc) is 2.65. The number of piperazine rings is 1. The van der Waals surface area contributed by atoms with Crippen molar-refractivity contribution in [1.29, 1.82) is 0 Å². The number of nitrogens with one attached hydrogen (secondary N) is 1. The lowest BCUT2D eigenvalue weighted by Gasteiger charge is -2.58. The predicted octanol–water partition coefficient (Wildman–Crippen LogP) is 5.84. The van der Waals surface area contributed by atoms with Gasteiger partial charge >= 0.3 is 0 Å². The van der Waals surface area contributed by atoms with Gasteiger partial charge in [-0.1, -0.05) is 77.4 Å². The molecule has 0 aromatic carbocycles. The van der Waals surface area contributed by atoms with Crippen molar-refractivity contribution in [2.45, 2.75) is 109 Å². The summed E-state index contributed by atoms with van der Waals surface area (Å²) in [5.74, 6) is 0.847. The van der Waals surface area contributed by atoms with E-state index in [1.54, 1.807) is 0 Å². The molecule has 3 nitrogen and oxygen atoms in total. The van der Waals surface area contributed by atoms with Crippen LogP contribution in [-0.4, -0.2) is 36.0 Å². The molecule has 2 unspecified atom stereocenters. The smallest absolute Gasteiger partial charge is 0.240 e. The number of nitrogens with zero attached hydrogens (tertiary/aromatic N) is 1. The lowest BCUT2D eigenvalue weighted by Crippen LogP contribution is -2.75. The van der Waals surface area contributed by atoms with Crippen LogP contribution in [0.3, 0.4) is 0 Å². The van der Waals surface area contributed by atoms with Crippen molar-refractivity contribution in [2.75, 3.05) is 19.6 Å². The Hall–Kier alpha value is -0.830. The van der Waals surface area contributed by atoms with Crippen molar-refractivity contribution in [3.63, 3.8) is 0 Å². The highest BCUT2D eigenvalue weighted by molar-refractivity contribution is 5.88. The zero-order chi connectivity index (χ0) is 19.4. The number of hydrogen-bond donors (Lipinski definition) is 1. The van der Waals surface area contributed by atoms with Crippen LogP contribution in [0.2, 0.25) is 0 Å². The van der Waals surface area contributed by atoms with Crippen LogP contribution >= 0.6 is 0 Å². The van der Waals surface area contributed by atoms with Gasteiger partial charge in [0, 0.05) is 19.6 Å². The quantitative estimate of drug-likeness (QED) is 0.287. The van der Waals surface area contributed by atoms with Gasteiger partial charge in [-0.25, -0.2) is 0 Å². The fraction of sp³-hybridized carbons (Fsp3) is 0.875. The summed E-state index contributed by atoms with van der Waals surface area (Å²) in [6, 6.07) is 0. The Morgan fingerprint density at radius 3 is 2.22 bits per heavy atom. The average molecular weight is 377 g/mol. The van der Waals surface area contributed by atoms with Crippen LogP contribution < -0.4 is 5.32 Å². The van der Waals surface area contributed by atoms with E-state index in [2.05, 4.69) is 36.2 Å². The molecule has 0 radical (unpaired) electrons. The molecule has 2 rings (SSSR count). The Bertz CT molecular complexity index is 448. The number of hydrogen-bond acceptors (Lipinski definition) is 2. The molecule has 2 aliphatic heterocycles. The number of fused-ring (bicyclic) bond motifs is 1. The Balaban J connectivity index is 1.52. The highest BCUT2D eigenvalue weighted by Gasteiger charge is 2.56. The third kappa shape index (κ3) is 6.34. The van der Waals surface area contributed by atoms with Gasteiger partial charge in [0.2, 0.25) is 5.91 Å². The van der Waals surface area contributed by atoms with Crippen LogP contribution in [0.1, 0.15) is 104 Å². The van der Waals surface area contributed by atoms with E-state index in [1.165, 1.54) is 77.0 Å². The first-order valence-electron chi connectivity index (χ1n) is 11.9. The van der Waals surface area contributed by atoms with Crippen LogP contribution in [0.4, 0.5) is 0 Å². The second-order valence-electron chi connectivity index (χ2n) is 8.69. The maximum atomic E-state index is 12.6. The van der Waals surface area contributed by atoms with E-state index in [9.17, 15) is 4.79 Å². The van der Waals surface area contributed by atoms with Gasteiger partial charge in [-0.15, -0.1) is 0 Å². The lowest BCUT2D eigenvalue weighted by molar-refractivity contribution is -0.157. The van der Waals surface area contributed by atoms with Gasteiger partial charge in [0.15, 0.2) is 0 Å². The van der Waals surface area contributed by atoms with Gasteiger partial charge in [0.1, 0.15) is 5.54 Å². The minimum atomic E-state index is -0.149.